The highest BCUT2D eigenvalue weighted by Crippen LogP contribution is 2.62. The summed E-state index contributed by atoms with van der Waals surface area (Å²) in [5.41, 5.74) is 0. The highest BCUT2D eigenvalue weighted by atomic mass is 31.2. The zero-order valence-electron chi connectivity index (χ0n) is 12.4. The van der Waals surface area contributed by atoms with Crippen molar-refractivity contribution in [2.24, 2.45) is 4.74 Å². The van der Waals surface area contributed by atoms with Crippen molar-refractivity contribution in [2.45, 2.75) is 45.4 Å². The molecule has 4 nitrogen and oxygen atoms in total. The Balaban J connectivity index is 1.96. The molecule has 3 aliphatic rings. The predicted octanol–water partition coefficient (Wildman–Crippen LogP) is 3.24. The van der Waals surface area contributed by atoms with Crippen LogP contribution in [0.4, 0.5) is 0 Å². The smallest absolute Gasteiger partial charge is 0.167 e. The van der Waals surface area contributed by atoms with Gasteiger partial charge in [-0.15, -0.1) is 0 Å². The molecule has 0 aromatic rings. The lowest BCUT2D eigenvalue weighted by Gasteiger charge is -2.45. The third-order valence-corrected chi connectivity index (χ3v) is 8.86. The Hall–Kier alpha value is 0.110. The second-order valence-electron chi connectivity index (χ2n) is 5.98. The van der Waals surface area contributed by atoms with Crippen molar-refractivity contribution in [2.75, 3.05) is 45.8 Å². The lowest BCUT2D eigenvalue weighted by atomic mass is 10.4. The van der Waals surface area contributed by atoms with Crippen LogP contribution >= 0.6 is 7.51 Å². The third-order valence-electron chi connectivity index (χ3n) is 4.72. The van der Waals surface area contributed by atoms with Crippen LogP contribution in [0.25, 0.3) is 0 Å². The van der Waals surface area contributed by atoms with Gasteiger partial charge in [0.1, 0.15) is 0 Å². The van der Waals surface area contributed by atoms with Crippen LogP contribution < -0.4 is 0 Å². The van der Waals surface area contributed by atoms with Crippen molar-refractivity contribution in [1.29, 1.82) is 0 Å². The molecule has 110 valence electrons. The number of hydrogen-bond acceptors (Lipinski definition) is 1. The summed E-state index contributed by atoms with van der Waals surface area (Å²) in [4.78, 5) is 0. The minimum absolute atomic E-state index is 0.983. The SMILES string of the molecule is CCN=P(N1CCCC1)(N1CCCC1)N1CCCC1. The fourth-order valence-electron chi connectivity index (χ4n) is 3.90. The molecule has 0 saturated carbocycles. The lowest BCUT2D eigenvalue weighted by molar-refractivity contribution is 0.382. The summed E-state index contributed by atoms with van der Waals surface area (Å²) < 4.78 is 13.6. The Morgan fingerprint density at radius 2 is 1.00 bits per heavy atom. The Morgan fingerprint density at radius 1 is 0.684 bits per heavy atom. The first-order chi connectivity index (χ1) is 9.38. The maximum atomic E-state index is 5.29. The molecule has 0 unspecified atom stereocenters. The second-order valence-corrected chi connectivity index (χ2v) is 9.03. The topological polar surface area (TPSA) is 22.1 Å². The summed E-state index contributed by atoms with van der Waals surface area (Å²) in [6.45, 7) is 10.9. The van der Waals surface area contributed by atoms with E-state index in [0.29, 0.717) is 0 Å². The molecule has 0 radical (unpaired) electrons. The molecule has 5 heteroatoms. The van der Waals surface area contributed by atoms with E-state index in [9.17, 15) is 0 Å². The van der Waals surface area contributed by atoms with E-state index in [-0.39, 0.29) is 0 Å². The van der Waals surface area contributed by atoms with E-state index in [1.807, 2.05) is 0 Å². The van der Waals surface area contributed by atoms with Gasteiger partial charge in [0.15, 0.2) is 7.51 Å². The molecule has 0 N–H and O–H groups in total. The summed E-state index contributed by atoms with van der Waals surface area (Å²) in [5.74, 6) is 0. The minimum Gasteiger partial charge on any atom is -0.261 e. The van der Waals surface area contributed by atoms with Crippen LogP contribution in [0.15, 0.2) is 4.74 Å². The van der Waals surface area contributed by atoms with Crippen molar-refractivity contribution in [3.8, 4) is 0 Å². The summed E-state index contributed by atoms with van der Waals surface area (Å²) in [6.07, 6.45) is 8.27. The van der Waals surface area contributed by atoms with Crippen molar-refractivity contribution < 1.29 is 0 Å². The van der Waals surface area contributed by atoms with Gasteiger partial charge in [0.05, 0.1) is 0 Å². The van der Waals surface area contributed by atoms with Gasteiger partial charge in [-0.1, -0.05) is 0 Å². The second kappa shape index (κ2) is 6.26. The van der Waals surface area contributed by atoms with Crippen molar-refractivity contribution >= 4 is 7.51 Å². The Morgan fingerprint density at radius 3 is 1.26 bits per heavy atom. The summed E-state index contributed by atoms with van der Waals surface area (Å²) >= 11 is 0. The maximum Gasteiger partial charge on any atom is 0.167 e. The molecule has 3 aliphatic heterocycles. The van der Waals surface area contributed by atoms with Gasteiger partial charge in [0, 0.05) is 45.8 Å². The molecule has 3 saturated heterocycles. The fourth-order valence-corrected chi connectivity index (χ4v) is 8.35. The van der Waals surface area contributed by atoms with Crippen LogP contribution in [0.3, 0.4) is 0 Å². The molecular weight excluding hydrogens is 255 g/mol. The zero-order chi connectivity index (χ0) is 13.1. The average Bonchev–Trinajstić information content (AvgIpc) is 3.18. The van der Waals surface area contributed by atoms with Gasteiger partial charge in [0.25, 0.3) is 0 Å². The van der Waals surface area contributed by atoms with Crippen LogP contribution in [0.2, 0.25) is 0 Å². The largest absolute Gasteiger partial charge is 0.261 e. The first-order valence-electron chi connectivity index (χ1n) is 8.22. The van der Waals surface area contributed by atoms with Gasteiger partial charge in [-0.2, -0.15) is 0 Å². The van der Waals surface area contributed by atoms with E-state index < -0.39 is 7.51 Å². The van der Waals surface area contributed by atoms with Crippen molar-refractivity contribution in [1.82, 2.24) is 14.0 Å². The molecule has 19 heavy (non-hydrogen) atoms. The molecular formula is C14H29N4P. The van der Waals surface area contributed by atoms with E-state index in [1.54, 1.807) is 0 Å². The van der Waals surface area contributed by atoms with Gasteiger partial charge in [-0.25, -0.2) is 14.0 Å². The molecule has 0 spiro atoms. The highest BCUT2D eigenvalue weighted by molar-refractivity contribution is 7.59. The molecule has 0 aliphatic carbocycles. The molecule has 0 aromatic heterocycles. The van der Waals surface area contributed by atoms with E-state index in [0.717, 1.165) is 6.54 Å². The van der Waals surface area contributed by atoms with Gasteiger partial charge >= 0.3 is 0 Å². The molecule has 3 fully saturated rings. The third kappa shape index (κ3) is 2.53. The quantitative estimate of drug-likeness (QED) is 0.740. The monoisotopic (exact) mass is 284 g/mol. The number of nitrogens with zero attached hydrogens (tertiary/aromatic N) is 4. The predicted molar refractivity (Wildman–Crippen MR) is 82.3 cm³/mol. The average molecular weight is 284 g/mol. The van der Waals surface area contributed by atoms with E-state index >= 15 is 0 Å². The van der Waals surface area contributed by atoms with Crippen LogP contribution in [-0.4, -0.2) is 59.8 Å². The van der Waals surface area contributed by atoms with Crippen LogP contribution in [0.1, 0.15) is 45.4 Å². The molecule has 3 rings (SSSR count). The minimum atomic E-state index is -1.51. The summed E-state index contributed by atoms with van der Waals surface area (Å²) in [6, 6.07) is 0. The van der Waals surface area contributed by atoms with E-state index in [1.165, 1.54) is 77.8 Å². The van der Waals surface area contributed by atoms with E-state index in [2.05, 4.69) is 20.9 Å². The van der Waals surface area contributed by atoms with Crippen molar-refractivity contribution in [3.63, 3.8) is 0 Å². The molecule has 0 amide bonds. The Labute approximate surface area is 118 Å². The molecule has 0 atom stereocenters. The molecule has 0 bridgehead atoms. The molecule has 0 aromatic carbocycles. The van der Waals surface area contributed by atoms with E-state index in [4.69, 9.17) is 4.74 Å². The molecule has 3 heterocycles. The van der Waals surface area contributed by atoms with Crippen LogP contribution in [0.5, 0.6) is 0 Å². The Kier molecular flexibility index (Phi) is 4.63. The first-order valence-corrected chi connectivity index (χ1v) is 9.82. The zero-order valence-corrected chi connectivity index (χ0v) is 13.3. The summed E-state index contributed by atoms with van der Waals surface area (Å²) in [5, 5.41) is 0. The Bertz CT molecular complexity index is 292. The number of rotatable bonds is 4. The number of hydrogen-bond donors (Lipinski definition) is 0. The lowest BCUT2D eigenvalue weighted by Crippen LogP contribution is -2.38. The van der Waals surface area contributed by atoms with Crippen LogP contribution in [-0.2, 0) is 0 Å². The van der Waals surface area contributed by atoms with Crippen LogP contribution in [0, 0.1) is 0 Å². The van der Waals surface area contributed by atoms with Crippen molar-refractivity contribution in [3.05, 3.63) is 0 Å². The van der Waals surface area contributed by atoms with Gasteiger partial charge in [-0.3, -0.25) is 4.74 Å². The summed E-state index contributed by atoms with van der Waals surface area (Å²) in [7, 11) is -1.51. The maximum absolute atomic E-state index is 5.29. The normalized spacial score (nSPS) is 27.4. The fraction of sp³-hybridized carbons (Fsp3) is 1.00. The standard InChI is InChI=1S/C14H29N4P/c1-2-15-19(16-9-3-4-10-16,17-11-5-6-12-17)18-13-7-8-14-18/h2-14H2,1H3. The van der Waals surface area contributed by atoms with Gasteiger partial charge in [0.2, 0.25) is 0 Å². The first kappa shape index (κ1) is 14.1. The highest BCUT2D eigenvalue weighted by Gasteiger charge is 2.42. The van der Waals surface area contributed by atoms with Gasteiger partial charge in [-0.05, 0) is 45.4 Å². The van der Waals surface area contributed by atoms with Gasteiger partial charge < -0.3 is 0 Å².